The predicted octanol–water partition coefficient (Wildman–Crippen LogP) is 3.68. The first-order valence-electron chi connectivity index (χ1n) is 8.82. The van der Waals surface area contributed by atoms with Crippen molar-refractivity contribution in [2.45, 2.75) is 31.6 Å². The summed E-state index contributed by atoms with van der Waals surface area (Å²) in [6.45, 7) is 6.85. The maximum absolute atomic E-state index is 12.2. The molecule has 1 aliphatic rings. The van der Waals surface area contributed by atoms with Crippen molar-refractivity contribution < 1.29 is 4.79 Å². The normalized spacial score (nSPS) is 13.7. The van der Waals surface area contributed by atoms with E-state index in [9.17, 15) is 4.79 Å². The number of alkyl halides is 2. The molecule has 1 aromatic heterocycles. The van der Waals surface area contributed by atoms with E-state index in [0.717, 1.165) is 41.6 Å². The highest BCUT2D eigenvalue weighted by Crippen LogP contribution is 2.30. The van der Waals surface area contributed by atoms with Crippen LogP contribution in [0.1, 0.15) is 25.1 Å². The van der Waals surface area contributed by atoms with Crippen molar-refractivity contribution in [2.24, 2.45) is 0 Å². The standard InChI is InChI=1S/C19H22Cl2N4O/c1-3-24(4-2)18-14-12-25(19(26)16(20)21)11-10-15(14)22-17(23-18)13-8-6-5-7-9-13/h5-9,16H,3-4,10-12H2,1-2H3. The van der Waals surface area contributed by atoms with E-state index in [1.807, 2.05) is 30.3 Å². The lowest BCUT2D eigenvalue weighted by Gasteiger charge is -2.32. The Bertz CT molecular complexity index is 779. The van der Waals surface area contributed by atoms with E-state index < -0.39 is 4.84 Å². The summed E-state index contributed by atoms with van der Waals surface area (Å²) >= 11 is 11.6. The lowest BCUT2D eigenvalue weighted by Crippen LogP contribution is -2.40. The fraction of sp³-hybridized carbons (Fsp3) is 0.421. The second-order valence-electron chi connectivity index (χ2n) is 6.14. The number of benzene rings is 1. The van der Waals surface area contributed by atoms with Gasteiger partial charge in [0.2, 0.25) is 0 Å². The van der Waals surface area contributed by atoms with Gasteiger partial charge in [0.05, 0.1) is 12.2 Å². The smallest absolute Gasteiger partial charge is 0.256 e. The molecule has 138 valence electrons. The summed E-state index contributed by atoms with van der Waals surface area (Å²) < 4.78 is 0. The Morgan fingerprint density at radius 1 is 1.19 bits per heavy atom. The van der Waals surface area contributed by atoms with E-state index in [1.54, 1.807) is 4.90 Å². The molecular formula is C19H22Cl2N4O. The van der Waals surface area contributed by atoms with Gasteiger partial charge in [-0.1, -0.05) is 53.5 Å². The van der Waals surface area contributed by atoms with Gasteiger partial charge >= 0.3 is 0 Å². The lowest BCUT2D eigenvalue weighted by molar-refractivity contribution is -0.130. The van der Waals surface area contributed by atoms with Crippen molar-refractivity contribution in [1.29, 1.82) is 0 Å². The number of anilines is 1. The minimum Gasteiger partial charge on any atom is -0.357 e. The van der Waals surface area contributed by atoms with Gasteiger partial charge in [-0.2, -0.15) is 0 Å². The third kappa shape index (κ3) is 3.79. The highest BCUT2D eigenvalue weighted by Gasteiger charge is 2.29. The molecule has 0 aliphatic carbocycles. The molecule has 0 unspecified atom stereocenters. The molecule has 0 saturated carbocycles. The molecule has 2 aromatic rings. The molecule has 0 radical (unpaired) electrons. The Morgan fingerprint density at radius 2 is 1.88 bits per heavy atom. The van der Waals surface area contributed by atoms with E-state index in [4.69, 9.17) is 33.2 Å². The summed E-state index contributed by atoms with van der Waals surface area (Å²) in [5, 5.41) is 0. The van der Waals surface area contributed by atoms with Crippen LogP contribution in [0.4, 0.5) is 5.82 Å². The number of carbonyl (C=O) groups excluding carboxylic acids is 1. The van der Waals surface area contributed by atoms with Crippen LogP contribution in [0.25, 0.3) is 11.4 Å². The van der Waals surface area contributed by atoms with E-state index in [1.165, 1.54) is 0 Å². The topological polar surface area (TPSA) is 49.3 Å². The highest BCUT2D eigenvalue weighted by atomic mass is 35.5. The van der Waals surface area contributed by atoms with Crippen molar-refractivity contribution >= 4 is 34.9 Å². The fourth-order valence-corrected chi connectivity index (χ4v) is 3.50. The molecule has 0 spiro atoms. The maximum Gasteiger partial charge on any atom is 0.256 e. The molecule has 0 saturated heterocycles. The van der Waals surface area contributed by atoms with Crippen LogP contribution >= 0.6 is 23.2 Å². The van der Waals surface area contributed by atoms with Gasteiger partial charge in [-0.05, 0) is 13.8 Å². The second-order valence-corrected chi connectivity index (χ2v) is 7.24. The zero-order valence-corrected chi connectivity index (χ0v) is 16.5. The zero-order valence-electron chi connectivity index (χ0n) is 15.0. The van der Waals surface area contributed by atoms with E-state index in [2.05, 4.69) is 18.7 Å². The number of carbonyl (C=O) groups is 1. The van der Waals surface area contributed by atoms with Crippen LogP contribution in [0.3, 0.4) is 0 Å². The van der Waals surface area contributed by atoms with Gasteiger partial charge in [0.25, 0.3) is 5.91 Å². The van der Waals surface area contributed by atoms with Crippen molar-refractivity contribution in [2.75, 3.05) is 24.5 Å². The number of hydrogen-bond donors (Lipinski definition) is 0. The molecule has 0 bridgehead atoms. The summed E-state index contributed by atoms with van der Waals surface area (Å²) in [4.78, 5) is 24.7. The largest absolute Gasteiger partial charge is 0.357 e. The molecular weight excluding hydrogens is 371 g/mol. The van der Waals surface area contributed by atoms with E-state index >= 15 is 0 Å². The van der Waals surface area contributed by atoms with Crippen molar-refractivity contribution in [3.8, 4) is 11.4 Å². The average Bonchev–Trinajstić information content (AvgIpc) is 2.68. The molecule has 26 heavy (non-hydrogen) atoms. The number of aromatic nitrogens is 2. The van der Waals surface area contributed by atoms with E-state index in [-0.39, 0.29) is 5.91 Å². The first kappa shape index (κ1) is 18.9. The van der Waals surface area contributed by atoms with Gasteiger partial charge in [-0.25, -0.2) is 9.97 Å². The molecule has 0 N–H and O–H groups in total. The number of nitrogens with zero attached hydrogens (tertiary/aromatic N) is 4. The maximum atomic E-state index is 12.2. The minimum atomic E-state index is -1.04. The molecule has 3 rings (SSSR count). The average molecular weight is 393 g/mol. The number of fused-ring (bicyclic) bond motifs is 1. The van der Waals surface area contributed by atoms with Crippen molar-refractivity contribution in [3.05, 3.63) is 41.6 Å². The summed E-state index contributed by atoms with van der Waals surface area (Å²) in [5.41, 5.74) is 2.97. The molecule has 7 heteroatoms. The van der Waals surface area contributed by atoms with Crippen molar-refractivity contribution in [3.63, 3.8) is 0 Å². The molecule has 5 nitrogen and oxygen atoms in total. The fourth-order valence-electron chi connectivity index (χ4n) is 3.22. The summed E-state index contributed by atoms with van der Waals surface area (Å²) in [5.74, 6) is 1.34. The van der Waals surface area contributed by atoms with Gasteiger partial charge < -0.3 is 9.80 Å². The summed E-state index contributed by atoms with van der Waals surface area (Å²) in [7, 11) is 0. The Hall–Kier alpha value is -1.85. The summed E-state index contributed by atoms with van der Waals surface area (Å²) in [6, 6.07) is 9.97. The Morgan fingerprint density at radius 3 is 2.50 bits per heavy atom. The van der Waals surface area contributed by atoms with Crippen LogP contribution in [0.15, 0.2) is 30.3 Å². The van der Waals surface area contributed by atoms with Gasteiger partial charge in [-0.15, -0.1) is 0 Å². The van der Waals surface area contributed by atoms with Crippen LogP contribution in [-0.4, -0.2) is 45.2 Å². The van der Waals surface area contributed by atoms with Gasteiger partial charge in [0.1, 0.15) is 5.82 Å². The first-order valence-corrected chi connectivity index (χ1v) is 9.69. The summed E-state index contributed by atoms with van der Waals surface area (Å²) in [6.07, 6.45) is 0.665. The van der Waals surface area contributed by atoms with Gasteiger partial charge in [0, 0.05) is 37.2 Å². The first-order chi connectivity index (χ1) is 12.5. The van der Waals surface area contributed by atoms with Crippen LogP contribution in [0.2, 0.25) is 0 Å². The number of rotatable bonds is 5. The molecule has 2 heterocycles. The monoisotopic (exact) mass is 392 g/mol. The zero-order chi connectivity index (χ0) is 18.7. The van der Waals surface area contributed by atoms with Crippen LogP contribution in [0, 0.1) is 0 Å². The predicted molar refractivity (Wildman–Crippen MR) is 106 cm³/mol. The number of hydrogen-bond acceptors (Lipinski definition) is 4. The third-order valence-electron chi connectivity index (χ3n) is 4.63. The molecule has 1 aliphatic heterocycles. The second kappa shape index (κ2) is 8.23. The molecule has 1 aromatic carbocycles. The molecule has 1 amide bonds. The molecule has 0 atom stereocenters. The van der Waals surface area contributed by atoms with E-state index in [0.29, 0.717) is 19.5 Å². The minimum absolute atomic E-state index is 0.267. The lowest BCUT2D eigenvalue weighted by atomic mass is 10.0. The Balaban J connectivity index is 2.06. The van der Waals surface area contributed by atoms with Crippen LogP contribution < -0.4 is 4.90 Å². The highest BCUT2D eigenvalue weighted by molar-refractivity contribution is 6.53. The van der Waals surface area contributed by atoms with Gasteiger partial charge in [-0.3, -0.25) is 4.79 Å². The van der Waals surface area contributed by atoms with Crippen molar-refractivity contribution in [1.82, 2.24) is 14.9 Å². The number of halogens is 2. The Labute approximate surface area is 163 Å². The quantitative estimate of drug-likeness (QED) is 0.728. The Kier molecular flexibility index (Phi) is 5.99. The third-order valence-corrected chi connectivity index (χ3v) is 5.01. The molecule has 0 fully saturated rings. The SMILES string of the molecule is CCN(CC)c1nc(-c2ccccc2)nc2c1CN(C(=O)C(Cl)Cl)CC2. The van der Waals surface area contributed by atoms with Crippen LogP contribution in [-0.2, 0) is 17.8 Å². The van der Waals surface area contributed by atoms with Crippen LogP contribution in [0.5, 0.6) is 0 Å². The van der Waals surface area contributed by atoms with Gasteiger partial charge in [0.15, 0.2) is 10.7 Å². The number of amides is 1.